The Hall–Kier alpha value is -1.14. The lowest BCUT2D eigenvalue weighted by molar-refractivity contribution is -0.145. The van der Waals surface area contributed by atoms with Crippen molar-refractivity contribution in [2.45, 2.75) is 26.3 Å². The summed E-state index contributed by atoms with van der Waals surface area (Å²) in [6.45, 7) is 6.84. The highest BCUT2D eigenvalue weighted by Crippen LogP contribution is 2.04. The Morgan fingerprint density at radius 3 is 2.89 bits per heavy atom. The number of nitrogens with one attached hydrogen (secondary N) is 2. The first kappa shape index (κ1) is 14.9. The topological polar surface area (TPSA) is 70.7 Å². The van der Waals surface area contributed by atoms with Crippen LogP contribution < -0.4 is 10.6 Å². The lowest BCUT2D eigenvalue weighted by Gasteiger charge is -2.35. The summed E-state index contributed by atoms with van der Waals surface area (Å²) in [6.07, 6.45) is 0.884. The maximum absolute atomic E-state index is 12.0. The van der Waals surface area contributed by atoms with E-state index >= 15 is 0 Å². The minimum absolute atomic E-state index is 0.0593. The van der Waals surface area contributed by atoms with Crippen LogP contribution in [0.25, 0.3) is 0 Å². The van der Waals surface area contributed by atoms with Crippen molar-refractivity contribution in [2.24, 2.45) is 0 Å². The monoisotopic (exact) mass is 257 g/mol. The van der Waals surface area contributed by atoms with E-state index in [1.165, 1.54) is 0 Å². The second-order valence-electron chi connectivity index (χ2n) is 4.25. The van der Waals surface area contributed by atoms with Crippen LogP contribution in [0.2, 0.25) is 0 Å². The summed E-state index contributed by atoms with van der Waals surface area (Å²) in [5, 5.41) is 5.88. The molecule has 1 atom stereocenters. The maximum Gasteiger partial charge on any atom is 0.249 e. The molecule has 0 bridgehead atoms. The summed E-state index contributed by atoms with van der Waals surface area (Å²) in [5.74, 6) is -0.213. The Bertz CT molecular complexity index is 284. The fourth-order valence-electron chi connectivity index (χ4n) is 1.92. The van der Waals surface area contributed by atoms with Gasteiger partial charge in [0.15, 0.2) is 0 Å². The third-order valence-corrected chi connectivity index (χ3v) is 2.79. The summed E-state index contributed by atoms with van der Waals surface area (Å²) >= 11 is 0. The van der Waals surface area contributed by atoms with Crippen LogP contribution in [0.1, 0.15) is 20.3 Å². The van der Waals surface area contributed by atoms with Crippen LogP contribution in [0.4, 0.5) is 0 Å². The van der Waals surface area contributed by atoms with Crippen molar-refractivity contribution in [1.82, 2.24) is 15.5 Å². The molecule has 0 saturated carbocycles. The number of likely N-dealkylation sites (N-methyl/N-ethyl adjacent to an activating group) is 1. The van der Waals surface area contributed by atoms with Gasteiger partial charge in [-0.2, -0.15) is 0 Å². The number of carbonyl (C=O) groups excluding carboxylic acids is 2. The third kappa shape index (κ3) is 4.27. The second-order valence-corrected chi connectivity index (χ2v) is 4.25. The predicted molar refractivity (Wildman–Crippen MR) is 68.2 cm³/mol. The molecule has 0 spiro atoms. The molecule has 1 fully saturated rings. The average Bonchev–Trinajstić information content (AvgIpc) is 2.39. The number of piperazine rings is 1. The molecule has 1 aliphatic heterocycles. The highest BCUT2D eigenvalue weighted by molar-refractivity contribution is 5.88. The van der Waals surface area contributed by atoms with Gasteiger partial charge < -0.3 is 20.3 Å². The van der Waals surface area contributed by atoms with E-state index in [-0.39, 0.29) is 18.4 Å². The molecule has 1 aliphatic rings. The highest BCUT2D eigenvalue weighted by atomic mass is 16.5. The smallest absolute Gasteiger partial charge is 0.249 e. The normalized spacial score (nSPS) is 19.7. The van der Waals surface area contributed by atoms with Gasteiger partial charge in [-0.15, -0.1) is 0 Å². The molecule has 0 aromatic heterocycles. The quantitative estimate of drug-likeness (QED) is 0.620. The number of amides is 2. The number of hydrogen-bond donors (Lipinski definition) is 2. The van der Waals surface area contributed by atoms with Gasteiger partial charge in [-0.1, -0.05) is 6.92 Å². The molecule has 18 heavy (non-hydrogen) atoms. The number of nitrogens with zero attached hydrogens (tertiary/aromatic N) is 1. The van der Waals surface area contributed by atoms with Crippen LogP contribution >= 0.6 is 0 Å². The van der Waals surface area contributed by atoms with Crippen LogP contribution in [0.15, 0.2) is 0 Å². The fraction of sp³-hybridized carbons (Fsp3) is 0.833. The van der Waals surface area contributed by atoms with Crippen molar-refractivity contribution in [1.29, 1.82) is 0 Å². The van der Waals surface area contributed by atoms with E-state index in [0.717, 1.165) is 13.0 Å². The molecule has 6 nitrogen and oxygen atoms in total. The Balaban J connectivity index is 2.52. The SMILES string of the molecule is CCCOCC(=O)N1CCNCC1C(=O)NCC. The lowest BCUT2D eigenvalue weighted by atomic mass is 10.1. The van der Waals surface area contributed by atoms with E-state index in [1.54, 1.807) is 4.90 Å². The molecular formula is C12H23N3O3. The molecule has 1 unspecified atom stereocenters. The van der Waals surface area contributed by atoms with E-state index in [9.17, 15) is 9.59 Å². The van der Waals surface area contributed by atoms with Crippen molar-refractivity contribution in [3.63, 3.8) is 0 Å². The first-order valence-electron chi connectivity index (χ1n) is 6.56. The highest BCUT2D eigenvalue weighted by Gasteiger charge is 2.31. The van der Waals surface area contributed by atoms with Crippen LogP contribution in [-0.4, -0.2) is 62.1 Å². The lowest BCUT2D eigenvalue weighted by Crippen LogP contribution is -2.60. The molecule has 0 aromatic rings. The second kappa shape index (κ2) is 8.05. The van der Waals surface area contributed by atoms with E-state index in [4.69, 9.17) is 4.74 Å². The summed E-state index contributed by atoms with van der Waals surface area (Å²) in [4.78, 5) is 25.5. The largest absolute Gasteiger partial charge is 0.372 e. The van der Waals surface area contributed by atoms with Crippen LogP contribution in [0.5, 0.6) is 0 Å². The predicted octanol–water partition coefficient (Wildman–Crippen LogP) is -0.650. The number of carbonyl (C=O) groups is 2. The molecule has 2 N–H and O–H groups in total. The zero-order valence-electron chi connectivity index (χ0n) is 11.2. The Morgan fingerprint density at radius 2 is 2.22 bits per heavy atom. The van der Waals surface area contributed by atoms with Gasteiger partial charge in [0.1, 0.15) is 12.6 Å². The van der Waals surface area contributed by atoms with Gasteiger partial charge in [0.25, 0.3) is 0 Å². The van der Waals surface area contributed by atoms with Gasteiger partial charge in [0.2, 0.25) is 11.8 Å². The minimum atomic E-state index is -0.420. The summed E-state index contributed by atoms with van der Waals surface area (Å²) < 4.78 is 5.24. The molecule has 1 saturated heterocycles. The van der Waals surface area contributed by atoms with Gasteiger partial charge in [-0.3, -0.25) is 9.59 Å². The van der Waals surface area contributed by atoms with E-state index in [1.807, 2.05) is 13.8 Å². The average molecular weight is 257 g/mol. The first-order chi connectivity index (χ1) is 8.70. The molecule has 0 aromatic carbocycles. The summed E-state index contributed by atoms with van der Waals surface area (Å²) in [7, 11) is 0. The molecular weight excluding hydrogens is 234 g/mol. The van der Waals surface area contributed by atoms with E-state index in [0.29, 0.717) is 26.2 Å². The van der Waals surface area contributed by atoms with Gasteiger partial charge in [-0.25, -0.2) is 0 Å². The Labute approximate surface area is 108 Å². The number of hydrogen-bond acceptors (Lipinski definition) is 4. The van der Waals surface area contributed by atoms with Crippen molar-refractivity contribution in [2.75, 3.05) is 39.4 Å². The van der Waals surface area contributed by atoms with Gasteiger partial charge in [0.05, 0.1) is 0 Å². The van der Waals surface area contributed by atoms with Crippen LogP contribution in [0.3, 0.4) is 0 Å². The summed E-state index contributed by atoms with van der Waals surface area (Å²) in [5.41, 5.74) is 0. The first-order valence-corrected chi connectivity index (χ1v) is 6.56. The molecule has 1 rings (SSSR count). The Kier molecular flexibility index (Phi) is 6.67. The minimum Gasteiger partial charge on any atom is -0.372 e. The zero-order chi connectivity index (χ0) is 13.4. The van der Waals surface area contributed by atoms with Crippen LogP contribution in [0, 0.1) is 0 Å². The van der Waals surface area contributed by atoms with Gasteiger partial charge >= 0.3 is 0 Å². The number of rotatable bonds is 6. The molecule has 2 amide bonds. The zero-order valence-corrected chi connectivity index (χ0v) is 11.2. The molecule has 104 valence electrons. The fourth-order valence-corrected chi connectivity index (χ4v) is 1.92. The van der Waals surface area contributed by atoms with Gasteiger partial charge in [-0.05, 0) is 13.3 Å². The Morgan fingerprint density at radius 1 is 1.44 bits per heavy atom. The van der Waals surface area contributed by atoms with Crippen LogP contribution in [-0.2, 0) is 14.3 Å². The van der Waals surface area contributed by atoms with Crippen molar-refractivity contribution in [3.05, 3.63) is 0 Å². The van der Waals surface area contributed by atoms with E-state index in [2.05, 4.69) is 10.6 Å². The molecule has 0 aliphatic carbocycles. The summed E-state index contributed by atoms with van der Waals surface area (Å²) in [6, 6.07) is -0.420. The molecule has 0 radical (unpaired) electrons. The standard InChI is InChI=1S/C12H23N3O3/c1-3-7-18-9-11(16)15-6-5-13-8-10(15)12(17)14-4-2/h10,13H,3-9H2,1-2H3,(H,14,17). The maximum atomic E-state index is 12.0. The molecule has 1 heterocycles. The van der Waals surface area contributed by atoms with Crippen molar-refractivity contribution < 1.29 is 14.3 Å². The number of ether oxygens (including phenoxy) is 1. The third-order valence-electron chi connectivity index (χ3n) is 2.79. The van der Waals surface area contributed by atoms with E-state index < -0.39 is 6.04 Å². The van der Waals surface area contributed by atoms with Crippen molar-refractivity contribution >= 4 is 11.8 Å². The van der Waals surface area contributed by atoms with Crippen molar-refractivity contribution in [3.8, 4) is 0 Å². The van der Waals surface area contributed by atoms with Gasteiger partial charge in [0, 0.05) is 32.8 Å². The molecule has 6 heteroatoms.